The molecule has 0 aliphatic heterocycles. The first kappa shape index (κ1) is 26.1. The van der Waals surface area contributed by atoms with E-state index < -0.39 is 12.0 Å². The van der Waals surface area contributed by atoms with Crippen molar-refractivity contribution in [1.29, 1.82) is 0 Å². The van der Waals surface area contributed by atoms with E-state index in [1.54, 1.807) is 12.1 Å². The van der Waals surface area contributed by atoms with Crippen LogP contribution in [0, 0.1) is 23.2 Å². The summed E-state index contributed by atoms with van der Waals surface area (Å²) in [6.07, 6.45) is 6.97. The summed E-state index contributed by atoms with van der Waals surface area (Å²) in [4.78, 5) is 25.9. The van der Waals surface area contributed by atoms with Gasteiger partial charge >= 0.3 is 5.97 Å². The molecule has 4 N–H and O–H groups in total. The van der Waals surface area contributed by atoms with E-state index >= 15 is 0 Å². The lowest BCUT2D eigenvalue weighted by molar-refractivity contribution is -0.149. The van der Waals surface area contributed by atoms with E-state index in [2.05, 4.69) is 17.4 Å². The van der Waals surface area contributed by atoms with Crippen LogP contribution in [-0.4, -0.2) is 29.6 Å². The van der Waals surface area contributed by atoms with Gasteiger partial charge in [0, 0.05) is 11.6 Å². The molecule has 4 aliphatic carbocycles. The highest BCUT2D eigenvalue weighted by atomic mass is 35.5. The number of carbonyl (C=O) groups excluding carboxylic acids is 2. The predicted molar refractivity (Wildman–Crippen MR) is 144 cm³/mol. The van der Waals surface area contributed by atoms with Crippen LogP contribution in [0.15, 0.2) is 42.5 Å². The topological polar surface area (TPSA) is 102 Å². The van der Waals surface area contributed by atoms with Crippen LogP contribution in [0.2, 0.25) is 5.02 Å². The Labute approximate surface area is 223 Å². The van der Waals surface area contributed by atoms with Crippen molar-refractivity contribution in [3.63, 3.8) is 0 Å². The summed E-state index contributed by atoms with van der Waals surface area (Å²) in [5.74, 6) is 0.675. The molecule has 4 bridgehead atoms. The van der Waals surface area contributed by atoms with Crippen molar-refractivity contribution in [1.82, 2.24) is 5.32 Å². The number of ether oxygens (including phenoxy) is 1. The minimum atomic E-state index is -0.765. The Bertz CT molecular complexity index is 1160. The summed E-state index contributed by atoms with van der Waals surface area (Å²) in [6, 6.07) is 12.4. The molecule has 4 aliphatic rings. The number of phenolic OH excluding ortho intramolecular Hbond substituents is 1. The maximum atomic E-state index is 13.7. The van der Waals surface area contributed by atoms with Gasteiger partial charge < -0.3 is 20.9 Å². The van der Waals surface area contributed by atoms with Crippen LogP contribution in [0.1, 0.15) is 63.5 Å². The number of hydrogen-bond acceptors (Lipinski definition) is 5. The smallest absolute Gasteiger partial charge is 0.328 e. The third-order valence-corrected chi connectivity index (χ3v) is 9.18. The second-order valence-corrected chi connectivity index (χ2v) is 12.5. The summed E-state index contributed by atoms with van der Waals surface area (Å²) in [5.41, 5.74) is 7.82. The predicted octanol–water partition coefficient (Wildman–Crippen LogP) is 5.13. The van der Waals surface area contributed by atoms with Crippen molar-refractivity contribution in [3.8, 4) is 11.5 Å². The molecule has 198 valence electrons. The highest BCUT2D eigenvalue weighted by molar-refractivity contribution is 6.30. The van der Waals surface area contributed by atoms with Crippen LogP contribution in [0.3, 0.4) is 0 Å². The highest BCUT2D eigenvalue weighted by Crippen LogP contribution is 2.65. The molecule has 7 heteroatoms. The Hall–Kier alpha value is -2.57. The van der Waals surface area contributed by atoms with Crippen molar-refractivity contribution < 1.29 is 19.4 Å². The fourth-order valence-corrected chi connectivity index (χ4v) is 7.55. The number of hydrogen-bond donors (Lipinski definition) is 3. The van der Waals surface area contributed by atoms with Gasteiger partial charge in [0.05, 0.1) is 5.41 Å². The lowest BCUT2D eigenvalue weighted by atomic mass is 9.42. The summed E-state index contributed by atoms with van der Waals surface area (Å²) >= 11 is 6.17. The third kappa shape index (κ3) is 5.10. The van der Waals surface area contributed by atoms with Gasteiger partial charge in [-0.1, -0.05) is 43.6 Å². The van der Waals surface area contributed by atoms with Crippen LogP contribution in [0.25, 0.3) is 0 Å². The maximum Gasteiger partial charge on any atom is 0.328 e. The molecule has 6 rings (SSSR count). The normalized spacial score (nSPS) is 28.8. The van der Waals surface area contributed by atoms with E-state index in [1.165, 1.54) is 18.1 Å². The molecular formula is C30H37ClN2O4. The van der Waals surface area contributed by atoms with Gasteiger partial charge in [-0.15, -0.1) is 0 Å². The first-order valence-electron chi connectivity index (χ1n) is 13.4. The van der Waals surface area contributed by atoms with Gasteiger partial charge in [-0.2, -0.15) is 0 Å². The molecule has 37 heavy (non-hydrogen) atoms. The van der Waals surface area contributed by atoms with Crippen molar-refractivity contribution in [2.75, 3.05) is 6.54 Å². The number of esters is 1. The van der Waals surface area contributed by atoms with E-state index in [0.29, 0.717) is 24.8 Å². The fourth-order valence-electron chi connectivity index (χ4n) is 7.42. The highest BCUT2D eigenvalue weighted by Gasteiger charge is 2.60. The van der Waals surface area contributed by atoms with Crippen LogP contribution >= 0.6 is 11.6 Å². The van der Waals surface area contributed by atoms with E-state index in [4.69, 9.17) is 22.1 Å². The number of phenols is 1. The number of halogens is 1. The Balaban J connectivity index is 1.24. The Morgan fingerprint density at radius 2 is 1.78 bits per heavy atom. The lowest BCUT2D eigenvalue weighted by Gasteiger charge is -2.61. The van der Waals surface area contributed by atoms with Crippen LogP contribution < -0.4 is 15.8 Å². The lowest BCUT2D eigenvalue weighted by Crippen LogP contribution is -2.59. The van der Waals surface area contributed by atoms with Crippen molar-refractivity contribution >= 4 is 23.5 Å². The molecule has 0 heterocycles. The second-order valence-electron chi connectivity index (χ2n) is 12.0. The zero-order valence-electron chi connectivity index (χ0n) is 21.6. The third-order valence-electron chi connectivity index (χ3n) is 8.92. The van der Waals surface area contributed by atoms with Gasteiger partial charge in [0.1, 0.15) is 6.04 Å². The molecule has 0 radical (unpaired) electrons. The molecule has 3 unspecified atom stereocenters. The van der Waals surface area contributed by atoms with Gasteiger partial charge in [-0.3, -0.25) is 4.79 Å². The number of nitrogens with two attached hydrogens (primary N) is 1. The Kier molecular flexibility index (Phi) is 7.01. The quantitative estimate of drug-likeness (QED) is 0.328. The summed E-state index contributed by atoms with van der Waals surface area (Å²) in [7, 11) is 0. The Morgan fingerprint density at radius 3 is 2.43 bits per heavy atom. The average molecular weight is 525 g/mol. The zero-order chi connectivity index (χ0) is 26.4. The molecule has 6 nitrogen and oxygen atoms in total. The molecular weight excluding hydrogens is 488 g/mol. The van der Waals surface area contributed by atoms with Crippen LogP contribution in [-0.2, 0) is 21.4 Å². The molecule has 0 saturated heterocycles. The van der Waals surface area contributed by atoms with Crippen molar-refractivity contribution in [3.05, 3.63) is 58.6 Å². The number of benzene rings is 2. The Morgan fingerprint density at radius 1 is 1.11 bits per heavy atom. The number of aromatic hydroxyl groups is 1. The van der Waals surface area contributed by atoms with Crippen molar-refractivity contribution in [2.45, 2.75) is 70.3 Å². The molecule has 4 fully saturated rings. The van der Waals surface area contributed by atoms with Crippen LogP contribution in [0.5, 0.6) is 11.5 Å². The molecule has 2 aromatic carbocycles. The molecule has 0 spiro atoms. The number of amides is 1. The van der Waals surface area contributed by atoms with Crippen LogP contribution in [0.4, 0.5) is 0 Å². The largest absolute Gasteiger partial charge is 0.504 e. The SMILES string of the molecule is CC(C)C(N)C(=O)Oc1cc(CCNC(=O)C23CC4CC(C2)CC(c2ccc(Cl)cc2)(C4)C3)ccc1O. The van der Waals surface area contributed by atoms with E-state index in [1.807, 2.05) is 26.0 Å². The van der Waals surface area contributed by atoms with Gasteiger partial charge in [0.15, 0.2) is 11.5 Å². The first-order chi connectivity index (χ1) is 17.6. The second kappa shape index (κ2) is 9.95. The van der Waals surface area contributed by atoms with Crippen molar-refractivity contribution in [2.24, 2.45) is 28.9 Å². The number of carbonyl (C=O) groups is 2. The average Bonchev–Trinajstić information content (AvgIpc) is 2.84. The van der Waals surface area contributed by atoms with Gasteiger partial charge in [-0.05, 0) is 104 Å². The van der Waals surface area contributed by atoms with E-state index in [-0.39, 0.29) is 34.2 Å². The minimum absolute atomic E-state index is 0.0680. The molecule has 0 aromatic heterocycles. The standard InChI is InChI=1S/C30H37ClN2O4/c1-18(2)26(32)27(35)37-25-12-19(3-8-24(25)34)9-10-33-28(36)30-15-20-11-21(16-30)14-29(13-20,17-30)22-4-6-23(31)7-5-22/h3-8,12,18,20-21,26,34H,9-11,13-17,32H2,1-2H3,(H,33,36). The molecule has 3 atom stereocenters. The van der Waals surface area contributed by atoms with Gasteiger partial charge in [0.25, 0.3) is 0 Å². The van der Waals surface area contributed by atoms with Gasteiger partial charge in [-0.25, -0.2) is 4.79 Å². The minimum Gasteiger partial charge on any atom is -0.504 e. The number of nitrogens with one attached hydrogen (secondary N) is 1. The van der Waals surface area contributed by atoms with Gasteiger partial charge in [0.2, 0.25) is 5.91 Å². The summed E-state index contributed by atoms with van der Waals surface area (Å²) < 4.78 is 5.35. The zero-order valence-corrected chi connectivity index (χ0v) is 22.4. The molecule has 1 amide bonds. The summed E-state index contributed by atoms with van der Waals surface area (Å²) in [6.45, 7) is 4.16. The number of rotatable bonds is 8. The first-order valence-corrected chi connectivity index (χ1v) is 13.8. The molecule has 4 saturated carbocycles. The summed E-state index contributed by atoms with van der Waals surface area (Å²) in [5, 5.41) is 14.1. The maximum absolute atomic E-state index is 13.7. The van der Waals surface area contributed by atoms with E-state index in [9.17, 15) is 14.7 Å². The molecule has 2 aromatic rings. The monoisotopic (exact) mass is 524 g/mol. The van der Waals surface area contributed by atoms with E-state index in [0.717, 1.165) is 42.7 Å². The fraction of sp³-hybridized carbons (Fsp3) is 0.533.